The fourth-order valence-corrected chi connectivity index (χ4v) is 2.91. The number of nitrogens with zero attached hydrogens (tertiary/aromatic N) is 1. The predicted octanol–water partition coefficient (Wildman–Crippen LogP) is 2.27. The van der Waals surface area contributed by atoms with Crippen molar-refractivity contribution in [2.45, 2.75) is 51.0 Å². The molecule has 1 unspecified atom stereocenters. The van der Waals surface area contributed by atoms with Gasteiger partial charge in [-0.25, -0.2) is 4.98 Å². The molecular weight excluding hydrogens is 186 g/mol. The number of H-pyrrole nitrogens is 1. The van der Waals surface area contributed by atoms with E-state index in [4.69, 9.17) is 4.98 Å². The molecule has 1 aliphatic carbocycles. The molecule has 2 heterocycles. The van der Waals surface area contributed by atoms with Crippen LogP contribution in [0, 0.1) is 0 Å². The Morgan fingerprint density at radius 1 is 1.40 bits per heavy atom. The summed E-state index contributed by atoms with van der Waals surface area (Å²) in [5, 5.41) is 3.50. The van der Waals surface area contributed by atoms with E-state index in [2.05, 4.69) is 17.2 Å². The molecule has 1 aromatic heterocycles. The van der Waals surface area contributed by atoms with Crippen molar-refractivity contribution >= 4 is 0 Å². The zero-order valence-electron chi connectivity index (χ0n) is 9.34. The van der Waals surface area contributed by atoms with Crippen LogP contribution in [0.15, 0.2) is 0 Å². The van der Waals surface area contributed by atoms with E-state index in [-0.39, 0.29) is 0 Å². The Morgan fingerprint density at radius 3 is 3.07 bits per heavy atom. The highest BCUT2D eigenvalue weighted by molar-refractivity contribution is 5.25. The van der Waals surface area contributed by atoms with Crippen LogP contribution in [0.1, 0.15) is 61.8 Å². The van der Waals surface area contributed by atoms with Crippen LogP contribution < -0.4 is 5.32 Å². The zero-order valence-corrected chi connectivity index (χ0v) is 9.34. The lowest BCUT2D eigenvalue weighted by atomic mass is 10.1. The predicted molar refractivity (Wildman–Crippen MR) is 59.9 cm³/mol. The highest BCUT2D eigenvalue weighted by Crippen LogP contribution is 2.35. The number of rotatable bonds is 2. The van der Waals surface area contributed by atoms with Crippen LogP contribution in [0.3, 0.4) is 0 Å². The summed E-state index contributed by atoms with van der Waals surface area (Å²) in [6.45, 7) is 3.41. The average molecular weight is 205 g/mol. The van der Waals surface area contributed by atoms with Gasteiger partial charge in [-0.2, -0.15) is 0 Å². The molecule has 1 aliphatic heterocycles. The first-order chi connectivity index (χ1) is 7.38. The van der Waals surface area contributed by atoms with Gasteiger partial charge in [0, 0.05) is 11.6 Å². The lowest BCUT2D eigenvalue weighted by Gasteiger charge is -2.07. The van der Waals surface area contributed by atoms with Crippen molar-refractivity contribution < 1.29 is 0 Å². The van der Waals surface area contributed by atoms with Gasteiger partial charge in [0.25, 0.3) is 0 Å². The summed E-state index contributed by atoms with van der Waals surface area (Å²) in [7, 11) is 0. The van der Waals surface area contributed by atoms with Gasteiger partial charge in [0.05, 0.1) is 11.7 Å². The van der Waals surface area contributed by atoms with Gasteiger partial charge in [-0.15, -0.1) is 0 Å². The summed E-state index contributed by atoms with van der Waals surface area (Å²) in [5.74, 6) is 1.90. The van der Waals surface area contributed by atoms with Crippen molar-refractivity contribution in [1.29, 1.82) is 0 Å². The first-order valence-electron chi connectivity index (χ1n) is 6.20. The minimum Gasteiger partial charge on any atom is -0.344 e. The lowest BCUT2D eigenvalue weighted by molar-refractivity contribution is 0.590. The summed E-state index contributed by atoms with van der Waals surface area (Å²) < 4.78 is 0. The van der Waals surface area contributed by atoms with E-state index in [1.807, 2.05) is 0 Å². The number of fused-ring (bicyclic) bond motifs is 1. The van der Waals surface area contributed by atoms with Crippen LogP contribution in [0.4, 0.5) is 0 Å². The van der Waals surface area contributed by atoms with Crippen molar-refractivity contribution in [2.75, 3.05) is 6.54 Å². The van der Waals surface area contributed by atoms with Crippen LogP contribution in [0.25, 0.3) is 0 Å². The van der Waals surface area contributed by atoms with Crippen molar-refractivity contribution in [3.05, 3.63) is 17.2 Å². The minimum absolute atomic E-state index is 0.494. The second kappa shape index (κ2) is 3.63. The van der Waals surface area contributed by atoms with E-state index in [0.717, 1.165) is 6.54 Å². The van der Waals surface area contributed by atoms with E-state index in [9.17, 15) is 0 Å². The molecule has 0 saturated carbocycles. The third-order valence-corrected chi connectivity index (χ3v) is 3.84. The molecule has 15 heavy (non-hydrogen) atoms. The number of nitrogens with one attached hydrogen (secondary N) is 2. The van der Waals surface area contributed by atoms with Crippen LogP contribution in [-0.2, 0) is 6.42 Å². The standard InChI is InChI=1S/C12H19N3/c1-2-8-5-6-9-11(8)15-12(14-9)10-4-3-7-13-10/h8,10,13H,2-7H2,1H3,(H,14,15)/t8?,10-/m0/s1. The molecule has 2 N–H and O–H groups in total. The number of aryl methyl sites for hydroxylation is 1. The molecular formula is C12H19N3. The third kappa shape index (κ3) is 1.49. The maximum atomic E-state index is 4.81. The highest BCUT2D eigenvalue weighted by atomic mass is 15.0. The van der Waals surface area contributed by atoms with Gasteiger partial charge in [-0.3, -0.25) is 0 Å². The molecule has 1 saturated heterocycles. The quantitative estimate of drug-likeness (QED) is 0.777. The van der Waals surface area contributed by atoms with E-state index in [1.165, 1.54) is 49.3 Å². The van der Waals surface area contributed by atoms with Gasteiger partial charge < -0.3 is 10.3 Å². The van der Waals surface area contributed by atoms with Gasteiger partial charge in [-0.1, -0.05) is 6.92 Å². The number of imidazole rings is 1. The van der Waals surface area contributed by atoms with Gasteiger partial charge >= 0.3 is 0 Å². The maximum absolute atomic E-state index is 4.81. The smallest absolute Gasteiger partial charge is 0.123 e. The molecule has 0 aromatic carbocycles. The fourth-order valence-electron chi connectivity index (χ4n) is 2.91. The largest absolute Gasteiger partial charge is 0.344 e. The van der Waals surface area contributed by atoms with E-state index >= 15 is 0 Å². The Bertz CT molecular complexity index is 350. The van der Waals surface area contributed by atoms with Gasteiger partial charge in [0.15, 0.2) is 0 Å². The van der Waals surface area contributed by atoms with Crippen molar-refractivity contribution in [1.82, 2.24) is 15.3 Å². The molecule has 1 fully saturated rings. The second-order valence-corrected chi connectivity index (χ2v) is 4.78. The normalized spacial score (nSPS) is 29.7. The minimum atomic E-state index is 0.494. The second-order valence-electron chi connectivity index (χ2n) is 4.78. The fraction of sp³-hybridized carbons (Fsp3) is 0.750. The number of aromatic nitrogens is 2. The molecule has 0 spiro atoms. The van der Waals surface area contributed by atoms with Crippen LogP contribution in [0.2, 0.25) is 0 Å². The lowest BCUT2D eigenvalue weighted by Crippen LogP contribution is -2.14. The number of hydrogen-bond acceptors (Lipinski definition) is 2. The molecule has 0 radical (unpaired) electrons. The third-order valence-electron chi connectivity index (χ3n) is 3.84. The average Bonchev–Trinajstić information content (AvgIpc) is 2.93. The molecule has 1 aromatic rings. The van der Waals surface area contributed by atoms with Crippen LogP contribution in [0.5, 0.6) is 0 Å². The Hall–Kier alpha value is -0.830. The monoisotopic (exact) mass is 205 g/mol. The topological polar surface area (TPSA) is 40.7 Å². The van der Waals surface area contributed by atoms with E-state index < -0.39 is 0 Å². The molecule has 82 valence electrons. The summed E-state index contributed by atoms with van der Waals surface area (Å²) in [6.07, 6.45) is 6.25. The first-order valence-corrected chi connectivity index (χ1v) is 6.20. The molecule has 3 nitrogen and oxygen atoms in total. The van der Waals surface area contributed by atoms with Crippen LogP contribution in [-0.4, -0.2) is 16.5 Å². The number of hydrogen-bond donors (Lipinski definition) is 2. The van der Waals surface area contributed by atoms with Gasteiger partial charge in [0.2, 0.25) is 0 Å². The molecule has 0 amide bonds. The maximum Gasteiger partial charge on any atom is 0.123 e. The molecule has 3 rings (SSSR count). The van der Waals surface area contributed by atoms with Crippen molar-refractivity contribution in [3.8, 4) is 0 Å². The summed E-state index contributed by atoms with van der Waals surface area (Å²) >= 11 is 0. The van der Waals surface area contributed by atoms with Gasteiger partial charge in [-0.05, 0) is 38.6 Å². The van der Waals surface area contributed by atoms with Crippen molar-refractivity contribution in [3.63, 3.8) is 0 Å². The van der Waals surface area contributed by atoms with E-state index in [0.29, 0.717) is 12.0 Å². The van der Waals surface area contributed by atoms with E-state index in [1.54, 1.807) is 0 Å². The summed E-state index contributed by atoms with van der Waals surface area (Å²) in [6, 6.07) is 0.494. The Morgan fingerprint density at radius 2 is 2.33 bits per heavy atom. The SMILES string of the molecule is CCC1CCc2[nH]c([C@@H]3CCCN3)nc21. The summed E-state index contributed by atoms with van der Waals surface area (Å²) in [4.78, 5) is 8.33. The Labute approximate surface area is 90.7 Å². The highest BCUT2D eigenvalue weighted by Gasteiger charge is 2.28. The molecule has 2 aliphatic rings. The number of aromatic amines is 1. The summed E-state index contributed by atoms with van der Waals surface area (Å²) in [5.41, 5.74) is 2.77. The Balaban J connectivity index is 1.87. The first kappa shape index (κ1) is 9.40. The molecule has 3 heteroatoms. The Kier molecular flexibility index (Phi) is 2.28. The van der Waals surface area contributed by atoms with Crippen molar-refractivity contribution in [2.24, 2.45) is 0 Å². The zero-order chi connectivity index (χ0) is 10.3. The van der Waals surface area contributed by atoms with Gasteiger partial charge in [0.1, 0.15) is 5.82 Å². The molecule has 0 bridgehead atoms. The van der Waals surface area contributed by atoms with Crippen LogP contribution >= 0.6 is 0 Å². The molecule has 2 atom stereocenters.